The predicted octanol–water partition coefficient (Wildman–Crippen LogP) is 1.45. The van der Waals surface area contributed by atoms with Crippen LogP contribution in [0.3, 0.4) is 0 Å². The van der Waals surface area contributed by atoms with Crippen molar-refractivity contribution in [2.45, 2.75) is 25.9 Å². The number of carbonyl (C=O) groups excluding carboxylic acids is 1. The van der Waals surface area contributed by atoms with Gasteiger partial charge in [-0.2, -0.15) is 5.10 Å². The van der Waals surface area contributed by atoms with Gasteiger partial charge in [-0.3, -0.25) is 9.48 Å². The van der Waals surface area contributed by atoms with Gasteiger partial charge >= 0.3 is 0 Å². The molecule has 0 fully saturated rings. The second-order valence-electron chi connectivity index (χ2n) is 5.43. The first kappa shape index (κ1) is 13.8. The Morgan fingerprint density at radius 2 is 2.24 bits per heavy atom. The topological polar surface area (TPSA) is 50.2 Å². The van der Waals surface area contributed by atoms with Crippen molar-refractivity contribution in [3.63, 3.8) is 0 Å². The van der Waals surface area contributed by atoms with E-state index in [4.69, 9.17) is 0 Å². The number of anilines is 1. The number of rotatable bonds is 5. The third kappa shape index (κ3) is 3.13. The molecule has 2 aromatic rings. The Bertz CT molecular complexity index is 608. The second kappa shape index (κ2) is 6.10. The Labute approximate surface area is 124 Å². The van der Waals surface area contributed by atoms with E-state index >= 15 is 0 Å². The first-order valence-electron chi connectivity index (χ1n) is 7.33. The lowest BCUT2D eigenvalue weighted by Gasteiger charge is -2.19. The molecule has 2 heterocycles. The summed E-state index contributed by atoms with van der Waals surface area (Å²) < 4.78 is 1.87. The highest BCUT2D eigenvalue weighted by Gasteiger charge is 2.23. The molecule has 1 N–H and O–H groups in total. The fourth-order valence-electron chi connectivity index (χ4n) is 2.71. The van der Waals surface area contributed by atoms with E-state index in [0.717, 1.165) is 25.2 Å². The molecular weight excluding hydrogens is 264 g/mol. The molecular formula is C16H20N4O. The van der Waals surface area contributed by atoms with Crippen LogP contribution in [-0.2, 0) is 17.8 Å². The number of hydrogen-bond acceptors (Lipinski definition) is 3. The Kier molecular flexibility index (Phi) is 4.01. The van der Waals surface area contributed by atoms with Gasteiger partial charge in [0, 0.05) is 30.7 Å². The average molecular weight is 284 g/mol. The van der Waals surface area contributed by atoms with Crippen molar-refractivity contribution in [2.24, 2.45) is 0 Å². The maximum Gasteiger partial charge on any atom is 0.240 e. The maximum atomic E-state index is 12.4. The summed E-state index contributed by atoms with van der Waals surface area (Å²) in [4.78, 5) is 14.2. The van der Waals surface area contributed by atoms with Gasteiger partial charge in [0.2, 0.25) is 5.91 Å². The lowest BCUT2D eigenvalue weighted by atomic mass is 10.2. The Hall–Kier alpha value is -2.14. The van der Waals surface area contributed by atoms with Crippen molar-refractivity contribution in [1.82, 2.24) is 15.1 Å². The molecule has 0 saturated heterocycles. The number of nitrogens with zero attached hydrogens (tertiary/aromatic N) is 3. The van der Waals surface area contributed by atoms with Gasteiger partial charge in [-0.15, -0.1) is 0 Å². The molecule has 5 heteroatoms. The van der Waals surface area contributed by atoms with Crippen LogP contribution in [0.1, 0.15) is 12.5 Å². The molecule has 0 saturated carbocycles. The molecule has 1 aliphatic heterocycles. The number of hydrogen-bond donors (Lipinski definition) is 1. The van der Waals surface area contributed by atoms with Crippen molar-refractivity contribution >= 4 is 11.6 Å². The fourth-order valence-corrected chi connectivity index (χ4v) is 2.71. The van der Waals surface area contributed by atoms with Crippen molar-refractivity contribution in [3.8, 4) is 0 Å². The highest BCUT2D eigenvalue weighted by molar-refractivity contribution is 5.96. The molecule has 5 nitrogen and oxygen atoms in total. The summed E-state index contributed by atoms with van der Waals surface area (Å²) in [5.41, 5.74) is 2.32. The molecule has 1 amide bonds. The molecule has 1 aromatic carbocycles. The van der Waals surface area contributed by atoms with Crippen LogP contribution in [-0.4, -0.2) is 34.8 Å². The van der Waals surface area contributed by atoms with Gasteiger partial charge in [0.1, 0.15) is 0 Å². The first-order valence-corrected chi connectivity index (χ1v) is 7.33. The molecule has 1 atom stereocenters. The minimum Gasteiger partial charge on any atom is -0.311 e. The van der Waals surface area contributed by atoms with Crippen molar-refractivity contribution < 1.29 is 4.79 Å². The maximum absolute atomic E-state index is 12.4. The summed E-state index contributed by atoms with van der Waals surface area (Å²) in [7, 11) is 0. The van der Waals surface area contributed by atoms with Crippen molar-refractivity contribution in [3.05, 3.63) is 48.3 Å². The highest BCUT2D eigenvalue weighted by Crippen LogP contribution is 2.27. The number of nitrogens with one attached hydrogen (secondary N) is 1. The van der Waals surface area contributed by atoms with Crippen LogP contribution in [0.25, 0.3) is 0 Å². The lowest BCUT2D eigenvalue weighted by Crippen LogP contribution is -2.41. The molecule has 110 valence electrons. The minimum absolute atomic E-state index is 0.132. The van der Waals surface area contributed by atoms with Gasteiger partial charge in [0.05, 0.1) is 13.1 Å². The van der Waals surface area contributed by atoms with Crippen LogP contribution in [0, 0.1) is 0 Å². The van der Waals surface area contributed by atoms with E-state index in [1.54, 1.807) is 6.20 Å². The van der Waals surface area contributed by atoms with E-state index < -0.39 is 0 Å². The summed E-state index contributed by atoms with van der Waals surface area (Å²) in [6.07, 6.45) is 4.64. The highest BCUT2D eigenvalue weighted by atomic mass is 16.2. The zero-order valence-electron chi connectivity index (χ0n) is 12.2. The van der Waals surface area contributed by atoms with Gasteiger partial charge in [-0.25, -0.2) is 0 Å². The number of aromatic nitrogens is 2. The quantitative estimate of drug-likeness (QED) is 0.904. The summed E-state index contributed by atoms with van der Waals surface area (Å²) in [5.74, 6) is 0.132. The van der Waals surface area contributed by atoms with Crippen molar-refractivity contribution in [2.75, 3.05) is 18.0 Å². The molecule has 0 bridgehead atoms. The van der Waals surface area contributed by atoms with Crippen LogP contribution in [0.2, 0.25) is 0 Å². The van der Waals surface area contributed by atoms with Gasteiger partial charge in [0.15, 0.2) is 0 Å². The smallest absolute Gasteiger partial charge is 0.240 e. The van der Waals surface area contributed by atoms with Crippen LogP contribution in [0.5, 0.6) is 0 Å². The zero-order valence-corrected chi connectivity index (χ0v) is 12.2. The van der Waals surface area contributed by atoms with E-state index in [1.807, 2.05) is 40.0 Å². The summed E-state index contributed by atoms with van der Waals surface area (Å²) in [5, 5.41) is 7.45. The van der Waals surface area contributed by atoms with Crippen LogP contribution >= 0.6 is 0 Å². The number of fused-ring (bicyclic) bond motifs is 1. The Balaban J connectivity index is 1.53. The third-order valence-corrected chi connectivity index (χ3v) is 3.81. The molecule has 0 radical (unpaired) electrons. The van der Waals surface area contributed by atoms with E-state index in [1.165, 1.54) is 5.56 Å². The standard InChI is InChI=1S/C16H20N4O/c1-13(12-19-9-4-8-18-19)17-11-16(21)20-10-7-14-5-2-3-6-15(14)20/h2-6,8-9,13,17H,7,10-12H2,1H3/t13-/m1/s1. The van der Waals surface area contributed by atoms with Gasteiger partial charge < -0.3 is 10.2 Å². The summed E-state index contributed by atoms with van der Waals surface area (Å²) >= 11 is 0. The van der Waals surface area contributed by atoms with E-state index in [2.05, 4.69) is 23.4 Å². The molecule has 1 aliphatic rings. The predicted molar refractivity (Wildman–Crippen MR) is 82.2 cm³/mol. The van der Waals surface area contributed by atoms with Gasteiger partial charge in [0.25, 0.3) is 0 Å². The monoisotopic (exact) mass is 284 g/mol. The number of para-hydroxylation sites is 1. The van der Waals surface area contributed by atoms with Crippen LogP contribution in [0.15, 0.2) is 42.7 Å². The largest absolute Gasteiger partial charge is 0.311 e. The number of benzene rings is 1. The second-order valence-corrected chi connectivity index (χ2v) is 5.43. The summed E-state index contributed by atoms with van der Waals surface area (Å²) in [6.45, 7) is 3.97. The molecule has 0 unspecified atom stereocenters. The van der Waals surface area contributed by atoms with E-state index in [9.17, 15) is 4.79 Å². The molecule has 1 aromatic heterocycles. The lowest BCUT2D eigenvalue weighted by molar-refractivity contribution is -0.117. The Morgan fingerprint density at radius 3 is 3.05 bits per heavy atom. The van der Waals surface area contributed by atoms with E-state index in [-0.39, 0.29) is 11.9 Å². The van der Waals surface area contributed by atoms with Gasteiger partial charge in [-0.05, 0) is 31.0 Å². The normalized spacial score (nSPS) is 15.0. The summed E-state index contributed by atoms with van der Waals surface area (Å²) in [6, 6.07) is 10.2. The molecule has 0 spiro atoms. The molecule has 3 rings (SSSR count). The average Bonchev–Trinajstić information content (AvgIpc) is 3.13. The number of amides is 1. The Morgan fingerprint density at radius 1 is 1.38 bits per heavy atom. The zero-order chi connectivity index (χ0) is 14.7. The van der Waals surface area contributed by atoms with Crippen LogP contribution in [0.4, 0.5) is 5.69 Å². The van der Waals surface area contributed by atoms with Crippen molar-refractivity contribution in [1.29, 1.82) is 0 Å². The fraction of sp³-hybridized carbons (Fsp3) is 0.375. The molecule has 0 aliphatic carbocycles. The third-order valence-electron chi connectivity index (χ3n) is 3.81. The van der Waals surface area contributed by atoms with Crippen LogP contribution < -0.4 is 10.2 Å². The first-order chi connectivity index (χ1) is 10.2. The number of carbonyl (C=O) groups is 1. The molecule has 21 heavy (non-hydrogen) atoms. The minimum atomic E-state index is 0.132. The van der Waals surface area contributed by atoms with E-state index in [0.29, 0.717) is 6.54 Å². The van der Waals surface area contributed by atoms with Gasteiger partial charge in [-0.1, -0.05) is 18.2 Å². The SMILES string of the molecule is C[C@H](Cn1cccn1)NCC(=O)N1CCc2ccccc21.